The van der Waals surface area contributed by atoms with Crippen molar-refractivity contribution in [3.8, 4) is 5.88 Å². The Balaban J connectivity index is 1.79. The molecule has 1 aliphatic rings. The normalized spacial score (nSPS) is 17.3. The first-order valence-corrected chi connectivity index (χ1v) is 6.11. The van der Waals surface area contributed by atoms with E-state index in [1.165, 1.54) is 37.7 Å². The van der Waals surface area contributed by atoms with Gasteiger partial charge in [-0.15, -0.1) is 0 Å². The first kappa shape index (κ1) is 11.4. The standard InChI is InChI=1S/C13H20N2O/c1-16-13-8-7-11(10-15-13)9-14-12-5-3-2-4-6-12/h7-8,10,12,14H,2-6,9H2,1H3. The van der Waals surface area contributed by atoms with Crippen LogP contribution in [0.5, 0.6) is 5.88 Å². The number of nitrogens with zero attached hydrogens (tertiary/aromatic N) is 1. The Morgan fingerprint density at radius 2 is 2.12 bits per heavy atom. The van der Waals surface area contributed by atoms with E-state index in [-0.39, 0.29) is 0 Å². The highest BCUT2D eigenvalue weighted by Gasteiger charge is 2.12. The second-order valence-electron chi connectivity index (χ2n) is 4.42. The van der Waals surface area contributed by atoms with Crippen LogP contribution in [0.25, 0.3) is 0 Å². The molecule has 1 saturated carbocycles. The minimum Gasteiger partial charge on any atom is -0.481 e. The smallest absolute Gasteiger partial charge is 0.212 e. The van der Waals surface area contributed by atoms with Gasteiger partial charge in [0.1, 0.15) is 0 Å². The number of hydrogen-bond acceptors (Lipinski definition) is 3. The van der Waals surface area contributed by atoms with Gasteiger partial charge in [-0.2, -0.15) is 0 Å². The number of pyridine rings is 1. The van der Waals surface area contributed by atoms with E-state index in [1.54, 1.807) is 7.11 Å². The van der Waals surface area contributed by atoms with Crippen LogP contribution in [0.2, 0.25) is 0 Å². The van der Waals surface area contributed by atoms with Gasteiger partial charge in [0.15, 0.2) is 0 Å². The number of rotatable bonds is 4. The Bertz CT molecular complexity index is 304. The van der Waals surface area contributed by atoms with Crippen LogP contribution in [-0.2, 0) is 6.54 Å². The molecule has 0 aliphatic heterocycles. The Morgan fingerprint density at radius 1 is 1.31 bits per heavy atom. The van der Waals surface area contributed by atoms with Crippen LogP contribution in [0.4, 0.5) is 0 Å². The minimum absolute atomic E-state index is 0.682. The van der Waals surface area contributed by atoms with Gasteiger partial charge in [0, 0.05) is 24.8 Å². The zero-order valence-electron chi connectivity index (χ0n) is 9.91. The lowest BCUT2D eigenvalue weighted by atomic mass is 9.95. The molecule has 1 N–H and O–H groups in total. The summed E-state index contributed by atoms with van der Waals surface area (Å²) in [4.78, 5) is 4.20. The predicted octanol–water partition coefficient (Wildman–Crippen LogP) is 2.51. The molecule has 0 unspecified atom stereocenters. The maximum Gasteiger partial charge on any atom is 0.212 e. The van der Waals surface area contributed by atoms with E-state index in [2.05, 4.69) is 16.4 Å². The molecule has 2 rings (SSSR count). The average Bonchev–Trinajstić information content (AvgIpc) is 2.38. The molecule has 1 fully saturated rings. The Labute approximate surface area is 97.2 Å². The highest BCUT2D eigenvalue weighted by atomic mass is 16.5. The number of ether oxygens (including phenoxy) is 1. The molecule has 16 heavy (non-hydrogen) atoms. The maximum atomic E-state index is 5.03. The summed E-state index contributed by atoms with van der Waals surface area (Å²) >= 11 is 0. The molecule has 0 atom stereocenters. The van der Waals surface area contributed by atoms with Crippen molar-refractivity contribution in [3.63, 3.8) is 0 Å². The van der Waals surface area contributed by atoms with Crippen LogP contribution in [0.3, 0.4) is 0 Å². The van der Waals surface area contributed by atoms with E-state index in [9.17, 15) is 0 Å². The van der Waals surface area contributed by atoms with Gasteiger partial charge in [-0.3, -0.25) is 0 Å². The van der Waals surface area contributed by atoms with E-state index in [1.807, 2.05) is 12.3 Å². The molecule has 0 radical (unpaired) electrons. The molecular formula is C13H20N2O. The summed E-state index contributed by atoms with van der Waals surface area (Å²) in [6, 6.07) is 4.69. The largest absolute Gasteiger partial charge is 0.481 e. The van der Waals surface area contributed by atoms with E-state index < -0.39 is 0 Å². The summed E-state index contributed by atoms with van der Waals surface area (Å²) in [6.45, 7) is 0.918. The van der Waals surface area contributed by atoms with E-state index >= 15 is 0 Å². The van der Waals surface area contributed by atoms with Crippen molar-refractivity contribution >= 4 is 0 Å². The van der Waals surface area contributed by atoms with Gasteiger partial charge in [0.2, 0.25) is 5.88 Å². The number of methoxy groups -OCH3 is 1. The third kappa shape index (κ3) is 3.20. The van der Waals surface area contributed by atoms with Crippen LogP contribution in [-0.4, -0.2) is 18.1 Å². The molecule has 88 valence electrons. The van der Waals surface area contributed by atoms with Crippen molar-refractivity contribution in [1.29, 1.82) is 0 Å². The van der Waals surface area contributed by atoms with Gasteiger partial charge >= 0.3 is 0 Å². The van der Waals surface area contributed by atoms with Gasteiger partial charge < -0.3 is 10.1 Å². The van der Waals surface area contributed by atoms with E-state index in [0.29, 0.717) is 11.9 Å². The highest BCUT2D eigenvalue weighted by Crippen LogP contribution is 2.17. The summed E-state index contributed by atoms with van der Waals surface area (Å²) < 4.78 is 5.03. The topological polar surface area (TPSA) is 34.1 Å². The van der Waals surface area contributed by atoms with Crippen molar-refractivity contribution in [1.82, 2.24) is 10.3 Å². The molecule has 1 aromatic heterocycles. The van der Waals surface area contributed by atoms with Gasteiger partial charge in [0.05, 0.1) is 7.11 Å². The molecule has 3 nitrogen and oxygen atoms in total. The van der Waals surface area contributed by atoms with Crippen molar-refractivity contribution < 1.29 is 4.74 Å². The van der Waals surface area contributed by atoms with Crippen LogP contribution in [0, 0.1) is 0 Å². The minimum atomic E-state index is 0.682. The zero-order valence-corrected chi connectivity index (χ0v) is 9.91. The number of nitrogens with one attached hydrogen (secondary N) is 1. The van der Waals surface area contributed by atoms with Crippen molar-refractivity contribution in [2.24, 2.45) is 0 Å². The van der Waals surface area contributed by atoms with Crippen molar-refractivity contribution in [2.45, 2.75) is 44.7 Å². The molecule has 1 aromatic rings. The quantitative estimate of drug-likeness (QED) is 0.846. The lowest BCUT2D eigenvalue weighted by molar-refractivity contribution is 0.371. The lowest BCUT2D eigenvalue weighted by Crippen LogP contribution is -2.30. The molecule has 0 aromatic carbocycles. The zero-order chi connectivity index (χ0) is 11.2. The Hall–Kier alpha value is -1.09. The van der Waals surface area contributed by atoms with Crippen LogP contribution in [0.1, 0.15) is 37.7 Å². The molecule has 3 heteroatoms. The molecule has 0 amide bonds. The van der Waals surface area contributed by atoms with Gasteiger partial charge in [0.25, 0.3) is 0 Å². The highest BCUT2D eigenvalue weighted by molar-refractivity contribution is 5.17. The third-order valence-electron chi connectivity index (χ3n) is 3.21. The van der Waals surface area contributed by atoms with E-state index in [0.717, 1.165) is 6.54 Å². The molecule has 0 bridgehead atoms. The Kier molecular flexibility index (Phi) is 4.17. The summed E-state index contributed by atoms with van der Waals surface area (Å²) in [6.07, 6.45) is 8.68. The van der Waals surface area contributed by atoms with Gasteiger partial charge in [-0.25, -0.2) is 4.98 Å². The van der Waals surface area contributed by atoms with Crippen LogP contribution < -0.4 is 10.1 Å². The fraction of sp³-hybridized carbons (Fsp3) is 0.615. The van der Waals surface area contributed by atoms with Crippen molar-refractivity contribution in [2.75, 3.05) is 7.11 Å². The number of hydrogen-bond donors (Lipinski definition) is 1. The maximum absolute atomic E-state index is 5.03. The molecular weight excluding hydrogens is 200 g/mol. The van der Waals surface area contributed by atoms with Crippen LogP contribution in [0.15, 0.2) is 18.3 Å². The van der Waals surface area contributed by atoms with Gasteiger partial charge in [-0.05, 0) is 18.4 Å². The lowest BCUT2D eigenvalue weighted by Gasteiger charge is -2.22. The van der Waals surface area contributed by atoms with Crippen molar-refractivity contribution in [3.05, 3.63) is 23.9 Å². The summed E-state index contributed by atoms with van der Waals surface area (Å²) in [5.74, 6) is 0.682. The SMILES string of the molecule is COc1ccc(CNC2CCCCC2)cn1. The summed E-state index contributed by atoms with van der Waals surface area (Å²) in [5, 5.41) is 3.59. The average molecular weight is 220 g/mol. The first-order valence-electron chi connectivity index (χ1n) is 6.11. The predicted molar refractivity (Wildman–Crippen MR) is 64.5 cm³/mol. The second-order valence-corrected chi connectivity index (χ2v) is 4.42. The monoisotopic (exact) mass is 220 g/mol. The fourth-order valence-corrected chi connectivity index (χ4v) is 2.21. The molecule has 1 heterocycles. The second kappa shape index (κ2) is 5.85. The van der Waals surface area contributed by atoms with Crippen LogP contribution >= 0.6 is 0 Å². The third-order valence-corrected chi connectivity index (χ3v) is 3.21. The summed E-state index contributed by atoms with van der Waals surface area (Å²) in [7, 11) is 1.64. The summed E-state index contributed by atoms with van der Waals surface area (Å²) in [5.41, 5.74) is 1.23. The van der Waals surface area contributed by atoms with Gasteiger partial charge in [-0.1, -0.05) is 25.3 Å². The fourth-order valence-electron chi connectivity index (χ4n) is 2.21. The number of aromatic nitrogens is 1. The Morgan fingerprint density at radius 3 is 2.75 bits per heavy atom. The van der Waals surface area contributed by atoms with E-state index in [4.69, 9.17) is 4.74 Å². The molecule has 0 spiro atoms. The molecule has 1 aliphatic carbocycles. The first-order chi connectivity index (χ1) is 7.88. The molecule has 0 saturated heterocycles.